The van der Waals surface area contributed by atoms with Crippen LogP contribution in [0.5, 0.6) is 0 Å². The average Bonchev–Trinajstić information content (AvgIpc) is 3.42. The highest BCUT2D eigenvalue weighted by Crippen LogP contribution is 2.18. The van der Waals surface area contributed by atoms with Gasteiger partial charge >= 0.3 is 18.0 Å². The van der Waals surface area contributed by atoms with Crippen LogP contribution in [-0.2, 0) is 14.3 Å². The van der Waals surface area contributed by atoms with Crippen LogP contribution in [0.3, 0.4) is 0 Å². The zero-order valence-electron chi connectivity index (χ0n) is 15.3. The molecule has 0 saturated heterocycles. The number of rotatable bonds is 7. The summed E-state index contributed by atoms with van der Waals surface area (Å²) in [6, 6.07) is 6.75. The summed E-state index contributed by atoms with van der Waals surface area (Å²) >= 11 is 0. The van der Waals surface area contributed by atoms with E-state index in [4.69, 9.17) is 4.74 Å². The minimum Gasteiger partial charge on any atom is -0.454 e. The third-order valence-electron chi connectivity index (χ3n) is 3.75. The number of urea groups is 2. The predicted octanol–water partition coefficient (Wildman–Crippen LogP) is 1.36. The minimum atomic E-state index is -0.943. The van der Waals surface area contributed by atoms with Crippen LogP contribution in [0, 0.1) is 5.92 Å². The first-order valence-corrected chi connectivity index (χ1v) is 8.74. The van der Waals surface area contributed by atoms with E-state index in [1.807, 2.05) is 6.07 Å². The van der Waals surface area contributed by atoms with Gasteiger partial charge in [-0.25, -0.2) is 14.4 Å². The molecule has 0 radical (unpaired) electrons. The number of imide groups is 1. The van der Waals surface area contributed by atoms with E-state index in [-0.39, 0.29) is 12.0 Å². The maximum absolute atomic E-state index is 12.2. The molecule has 0 bridgehead atoms. The monoisotopic (exact) mass is 376 g/mol. The number of carbonyl (C=O) groups is 4. The van der Waals surface area contributed by atoms with Gasteiger partial charge in [0.2, 0.25) is 0 Å². The zero-order valence-corrected chi connectivity index (χ0v) is 15.3. The van der Waals surface area contributed by atoms with Gasteiger partial charge in [0.1, 0.15) is 6.04 Å². The lowest BCUT2D eigenvalue weighted by Crippen LogP contribution is -2.48. The first kappa shape index (κ1) is 20.2. The van der Waals surface area contributed by atoms with Crippen molar-refractivity contribution in [1.29, 1.82) is 0 Å². The molecule has 1 fully saturated rings. The Morgan fingerprint density at radius 1 is 1.07 bits per heavy atom. The average molecular weight is 376 g/mol. The van der Waals surface area contributed by atoms with Crippen molar-refractivity contribution in [1.82, 2.24) is 16.0 Å². The Balaban J connectivity index is 1.78. The normalized spacial score (nSPS) is 14.0. The van der Waals surface area contributed by atoms with Gasteiger partial charge in [0, 0.05) is 11.7 Å². The quantitative estimate of drug-likeness (QED) is 0.535. The Morgan fingerprint density at radius 2 is 1.74 bits per heavy atom. The lowest BCUT2D eigenvalue weighted by Gasteiger charge is -2.21. The highest BCUT2D eigenvalue weighted by molar-refractivity contribution is 5.96. The van der Waals surface area contributed by atoms with Crippen LogP contribution in [0.25, 0.3) is 0 Å². The number of anilines is 1. The van der Waals surface area contributed by atoms with Gasteiger partial charge in [-0.15, -0.1) is 0 Å². The smallest absolute Gasteiger partial charge is 0.329 e. The van der Waals surface area contributed by atoms with E-state index in [1.165, 1.54) is 0 Å². The van der Waals surface area contributed by atoms with E-state index < -0.39 is 36.6 Å². The number of nitrogens with one attached hydrogen (secondary N) is 4. The largest absolute Gasteiger partial charge is 0.454 e. The molecule has 9 nitrogen and oxygen atoms in total. The van der Waals surface area contributed by atoms with E-state index >= 15 is 0 Å². The maximum atomic E-state index is 12.2. The summed E-state index contributed by atoms with van der Waals surface area (Å²) < 4.78 is 4.93. The van der Waals surface area contributed by atoms with Crippen LogP contribution in [0.2, 0.25) is 0 Å². The SMILES string of the molecule is CC(C)[C@@H](NC(=O)Nc1ccccc1)C(=O)OCC(=O)NC(=O)NC1CC1. The molecule has 1 aromatic carbocycles. The summed E-state index contributed by atoms with van der Waals surface area (Å²) in [5.74, 6) is -1.76. The summed E-state index contributed by atoms with van der Waals surface area (Å²) in [4.78, 5) is 47.4. The van der Waals surface area contributed by atoms with Gasteiger partial charge < -0.3 is 20.7 Å². The Hall–Kier alpha value is -3.10. The number of hydrogen-bond acceptors (Lipinski definition) is 5. The molecule has 1 aliphatic carbocycles. The van der Waals surface area contributed by atoms with Crippen LogP contribution in [0.15, 0.2) is 30.3 Å². The van der Waals surface area contributed by atoms with Crippen LogP contribution in [0.1, 0.15) is 26.7 Å². The zero-order chi connectivity index (χ0) is 19.8. The molecule has 1 saturated carbocycles. The Kier molecular flexibility index (Phi) is 7.16. The van der Waals surface area contributed by atoms with Crippen molar-refractivity contribution in [3.8, 4) is 0 Å². The van der Waals surface area contributed by atoms with Crippen molar-refractivity contribution >= 4 is 29.6 Å². The lowest BCUT2D eigenvalue weighted by atomic mass is 10.1. The number of benzene rings is 1. The number of ether oxygens (including phenoxy) is 1. The fourth-order valence-corrected chi connectivity index (χ4v) is 2.17. The molecule has 1 aliphatic rings. The molecule has 146 valence electrons. The molecule has 1 atom stereocenters. The minimum absolute atomic E-state index is 0.109. The summed E-state index contributed by atoms with van der Waals surface area (Å²) in [5.41, 5.74) is 0.576. The van der Waals surface area contributed by atoms with E-state index in [9.17, 15) is 19.2 Å². The standard InChI is InChI=1S/C18H24N4O5/c1-11(2)15(22-18(26)19-12-6-4-3-5-7-12)16(24)27-10-14(23)21-17(25)20-13-8-9-13/h3-7,11,13,15H,8-10H2,1-2H3,(H2,19,22,26)(H2,20,21,23,25)/t15-/m1/s1. The van der Waals surface area contributed by atoms with Gasteiger partial charge in [0.25, 0.3) is 5.91 Å². The van der Waals surface area contributed by atoms with E-state index in [1.54, 1.807) is 38.1 Å². The van der Waals surface area contributed by atoms with E-state index in [2.05, 4.69) is 21.3 Å². The topological polar surface area (TPSA) is 126 Å². The van der Waals surface area contributed by atoms with Gasteiger partial charge in [-0.2, -0.15) is 0 Å². The molecular formula is C18H24N4O5. The fourth-order valence-electron chi connectivity index (χ4n) is 2.17. The second kappa shape index (κ2) is 9.56. The van der Waals surface area contributed by atoms with Gasteiger partial charge in [-0.1, -0.05) is 32.0 Å². The summed E-state index contributed by atoms with van der Waals surface area (Å²) in [7, 11) is 0. The van der Waals surface area contributed by atoms with Crippen LogP contribution < -0.4 is 21.3 Å². The van der Waals surface area contributed by atoms with Crippen molar-refractivity contribution in [3.05, 3.63) is 30.3 Å². The molecule has 0 heterocycles. The second-order valence-corrected chi connectivity index (χ2v) is 6.59. The van der Waals surface area contributed by atoms with Gasteiger partial charge in [-0.3, -0.25) is 10.1 Å². The summed E-state index contributed by atoms with van der Waals surface area (Å²) in [6.07, 6.45) is 1.78. The summed E-state index contributed by atoms with van der Waals surface area (Å²) in [6.45, 7) is 2.86. The molecule has 0 aromatic heterocycles. The first-order valence-electron chi connectivity index (χ1n) is 8.74. The molecular weight excluding hydrogens is 352 g/mol. The highest BCUT2D eigenvalue weighted by Gasteiger charge is 2.27. The van der Waals surface area contributed by atoms with Crippen molar-refractivity contribution in [3.63, 3.8) is 0 Å². The van der Waals surface area contributed by atoms with Crippen LogP contribution in [-0.4, -0.2) is 42.6 Å². The van der Waals surface area contributed by atoms with Crippen LogP contribution in [0.4, 0.5) is 15.3 Å². The van der Waals surface area contributed by atoms with Crippen molar-refractivity contribution in [2.24, 2.45) is 5.92 Å². The Morgan fingerprint density at radius 3 is 2.33 bits per heavy atom. The first-order chi connectivity index (χ1) is 12.8. The fraction of sp³-hybridized carbons (Fsp3) is 0.444. The van der Waals surface area contributed by atoms with Gasteiger partial charge in [0.15, 0.2) is 6.61 Å². The Bertz CT molecular complexity index is 688. The predicted molar refractivity (Wildman–Crippen MR) is 97.9 cm³/mol. The number of esters is 1. The summed E-state index contributed by atoms with van der Waals surface area (Å²) in [5, 5.41) is 9.80. The number of para-hydroxylation sites is 1. The maximum Gasteiger partial charge on any atom is 0.329 e. The lowest BCUT2D eigenvalue weighted by molar-refractivity contribution is -0.151. The van der Waals surface area contributed by atoms with Crippen molar-refractivity contribution in [2.45, 2.75) is 38.8 Å². The number of amides is 5. The highest BCUT2D eigenvalue weighted by atomic mass is 16.5. The van der Waals surface area contributed by atoms with E-state index in [0.29, 0.717) is 5.69 Å². The molecule has 0 aliphatic heterocycles. The van der Waals surface area contributed by atoms with Crippen molar-refractivity contribution in [2.75, 3.05) is 11.9 Å². The van der Waals surface area contributed by atoms with E-state index in [0.717, 1.165) is 12.8 Å². The Labute approximate surface area is 157 Å². The third kappa shape index (κ3) is 7.35. The molecule has 4 N–H and O–H groups in total. The number of carbonyl (C=O) groups excluding carboxylic acids is 4. The van der Waals surface area contributed by atoms with Crippen molar-refractivity contribution < 1.29 is 23.9 Å². The van der Waals surface area contributed by atoms with Crippen LogP contribution >= 0.6 is 0 Å². The molecule has 9 heteroatoms. The second-order valence-electron chi connectivity index (χ2n) is 6.59. The molecule has 27 heavy (non-hydrogen) atoms. The molecule has 2 rings (SSSR count). The third-order valence-corrected chi connectivity index (χ3v) is 3.75. The van der Waals surface area contributed by atoms with Gasteiger partial charge in [0.05, 0.1) is 0 Å². The molecule has 0 unspecified atom stereocenters. The van der Waals surface area contributed by atoms with Gasteiger partial charge in [-0.05, 0) is 30.9 Å². The molecule has 5 amide bonds. The molecule has 1 aromatic rings. The molecule has 0 spiro atoms. The number of hydrogen-bond donors (Lipinski definition) is 4.